The molecule has 28 heavy (non-hydrogen) atoms. The minimum Gasteiger partial charge on any atom is -0.497 e. The zero-order valence-corrected chi connectivity index (χ0v) is 16.4. The van der Waals surface area contributed by atoms with Gasteiger partial charge in [-0.1, -0.05) is 29.8 Å². The first-order valence-electron chi connectivity index (χ1n) is 8.79. The average Bonchev–Trinajstić information content (AvgIpc) is 3.09. The second-order valence-corrected chi connectivity index (χ2v) is 7.01. The number of Topliss-reactive ketones (excluding diaryl/α,β-unsaturated/α-hetero) is 1. The Bertz CT molecular complexity index is 927. The lowest BCUT2D eigenvalue weighted by atomic mass is 10.1. The number of rotatable bonds is 6. The average molecular weight is 402 g/mol. The Balaban J connectivity index is 1.60. The van der Waals surface area contributed by atoms with Crippen LogP contribution in [-0.2, 0) is 14.3 Å². The van der Waals surface area contributed by atoms with Crippen molar-refractivity contribution in [1.82, 2.24) is 0 Å². The van der Waals surface area contributed by atoms with Crippen LogP contribution in [0, 0.1) is 12.8 Å². The van der Waals surface area contributed by atoms with Crippen LogP contribution in [0.1, 0.15) is 22.3 Å². The number of hydrogen-bond donors (Lipinski definition) is 0. The number of amides is 1. The zero-order chi connectivity index (χ0) is 20.3. The lowest BCUT2D eigenvalue weighted by molar-refractivity contribution is -0.147. The molecule has 2 aromatic rings. The van der Waals surface area contributed by atoms with Gasteiger partial charge >= 0.3 is 5.97 Å². The highest BCUT2D eigenvalue weighted by atomic mass is 35.5. The number of hydrogen-bond acceptors (Lipinski definition) is 5. The Morgan fingerprint density at radius 3 is 2.71 bits per heavy atom. The van der Waals surface area contributed by atoms with Gasteiger partial charge in [-0.05, 0) is 36.8 Å². The first-order valence-corrected chi connectivity index (χ1v) is 9.17. The maximum atomic E-state index is 12.3. The molecule has 7 heteroatoms. The molecule has 1 fully saturated rings. The first kappa shape index (κ1) is 19.9. The highest BCUT2D eigenvalue weighted by Crippen LogP contribution is 2.29. The van der Waals surface area contributed by atoms with Gasteiger partial charge in [-0.25, -0.2) is 0 Å². The fraction of sp³-hybridized carbons (Fsp3) is 0.286. The van der Waals surface area contributed by atoms with E-state index in [1.807, 2.05) is 13.0 Å². The number of methoxy groups -OCH3 is 1. The molecule has 1 saturated heterocycles. The molecule has 1 atom stereocenters. The molecule has 146 valence electrons. The monoisotopic (exact) mass is 401 g/mol. The van der Waals surface area contributed by atoms with E-state index < -0.39 is 11.9 Å². The predicted octanol–water partition coefficient (Wildman–Crippen LogP) is 3.44. The van der Waals surface area contributed by atoms with Crippen molar-refractivity contribution >= 4 is 34.9 Å². The molecule has 3 rings (SSSR count). The van der Waals surface area contributed by atoms with Crippen molar-refractivity contribution in [2.45, 2.75) is 13.3 Å². The van der Waals surface area contributed by atoms with Gasteiger partial charge in [0.2, 0.25) is 5.91 Å². The summed E-state index contributed by atoms with van der Waals surface area (Å²) < 4.78 is 10.2. The van der Waals surface area contributed by atoms with E-state index >= 15 is 0 Å². The molecule has 1 heterocycles. The van der Waals surface area contributed by atoms with Crippen LogP contribution in [0.5, 0.6) is 5.75 Å². The summed E-state index contributed by atoms with van der Waals surface area (Å²) in [4.78, 5) is 38.4. The molecule has 0 unspecified atom stereocenters. The SMILES string of the molecule is COc1cccc(C(=O)COC(=O)[C@H]2CC(=O)N(c3ccc(C)c(Cl)c3)C2)c1. The highest BCUT2D eigenvalue weighted by Gasteiger charge is 2.36. The normalized spacial score (nSPS) is 16.2. The van der Waals surface area contributed by atoms with Gasteiger partial charge in [0.1, 0.15) is 5.75 Å². The molecule has 0 bridgehead atoms. The molecular weight excluding hydrogens is 382 g/mol. The summed E-state index contributed by atoms with van der Waals surface area (Å²) >= 11 is 6.13. The van der Waals surface area contributed by atoms with Gasteiger partial charge in [0, 0.05) is 29.2 Å². The van der Waals surface area contributed by atoms with E-state index in [1.54, 1.807) is 36.4 Å². The van der Waals surface area contributed by atoms with E-state index in [9.17, 15) is 14.4 Å². The predicted molar refractivity (Wildman–Crippen MR) is 105 cm³/mol. The second kappa shape index (κ2) is 8.44. The number of benzene rings is 2. The molecule has 6 nitrogen and oxygen atoms in total. The summed E-state index contributed by atoms with van der Waals surface area (Å²) in [6.45, 7) is 1.69. The Morgan fingerprint density at radius 1 is 1.21 bits per heavy atom. The van der Waals surface area contributed by atoms with E-state index in [0.717, 1.165) is 5.56 Å². The summed E-state index contributed by atoms with van der Waals surface area (Å²) in [7, 11) is 1.51. The number of halogens is 1. The van der Waals surface area contributed by atoms with Crippen LogP contribution in [0.3, 0.4) is 0 Å². The molecule has 0 radical (unpaired) electrons. The topological polar surface area (TPSA) is 72.9 Å². The molecular formula is C21H20ClNO5. The Kier molecular flexibility index (Phi) is 5.99. The molecule has 0 saturated carbocycles. The van der Waals surface area contributed by atoms with Crippen molar-refractivity contribution < 1.29 is 23.9 Å². The fourth-order valence-electron chi connectivity index (χ4n) is 3.00. The van der Waals surface area contributed by atoms with Gasteiger partial charge in [-0.2, -0.15) is 0 Å². The van der Waals surface area contributed by atoms with Crippen LogP contribution in [0.25, 0.3) is 0 Å². The maximum absolute atomic E-state index is 12.3. The number of nitrogens with zero attached hydrogens (tertiary/aromatic N) is 1. The van der Waals surface area contributed by atoms with Gasteiger partial charge < -0.3 is 14.4 Å². The van der Waals surface area contributed by atoms with E-state index in [-0.39, 0.29) is 31.3 Å². The zero-order valence-electron chi connectivity index (χ0n) is 15.6. The minimum absolute atomic E-state index is 0.0394. The van der Waals surface area contributed by atoms with Crippen molar-refractivity contribution in [3.63, 3.8) is 0 Å². The van der Waals surface area contributed by atoms with Crippen molar-refractivity contribution in [2.24, 2.45) is 5.92 Å². The Labute approximate surface area is 168 Å². The van der Waals surface area contributed by atoms with E-state index in [4.69, 9.17) is 21.1 Å². The number of ether oxygens (including phenoxy) is 2. The molecule has 1 aliphatic rings. The third-order valence-corrected chi connectivity index (χ3v) is 5.07. The van der Waals surface area contributed by atoms with Crippen molar-refractivity contribution in [3.8, 4) is 5.75 Å². The molecule has 0 spiro atoms. The van der Waals surface area contributed by atoms with Gasteiger partial charge in [0.15, 0.2) is 12.4 Å². The van der Waals surface area contributed by atoms with Crippen molar-refractivity contribution in [3.05, 3.63) is 58.6 Å². The summed E-state index contributed by atoms with van der Waals surface area (Å²) in [5, 5.41) is 0.556. The number of aryl methyl sites for hydroxylation is 1. The highest BCUT2D eigenvalue weighted by molar-refractivity contribution is 6.31. The van der Waals surface area contributed by atoms with Gasteiger partial charge in [-0.15, -0.1) is 0 Å². The molecule has 0 aromatic heterocycles. The molecule has 2 aromatic carbocycles. The molecule has 1 amide bonds. The minimum atomic E-state index is -0.620. The summed E-state index contributed by atoms with van der Waals surface area (Å²) in [5.74, 6) is -1.15. The van der Waals surface area contributed by atoms with Crippen LogP contribution in [0.15, 0.2) is 42.5 Å². The quantitative estimate of drug-likeness (QED) is 0.547. The van der Waals surface area contributed by atoms with Gasteiger partial charge in [0.05, 0.1) is 13.0 Å². The largest absolute Gasteiger partial charge is 0.497 e. The molecule has 0 aliphatic carbocycles. The summed E-state index contributed by atoms with van der Waals surface area (Å²) in [5.41, 5.74) is 1.94. The van der Waals surface area contributed by atoms with Crippen LogP contribution in [0.4, 0.5) is 5.69 Å². The number of esters is 1. The third kappa shape index (κ3) is 4.34. The summed E-state index contributed by atoms with van der Waals surface area (Å²) in [6.07, 6.45) is 0.0394. The van der Waals surface area contributed by atoms with Crippen LogP contribution in [-0.4, -0.2) is 37.9 Å². The Morgan fingerprint density at radius 2 is 2.00 bits per heavy atom. The summed E-state index contributed by atoms with van der Waals surface area (Å²) in [6, 6.07) is 11.9. The smallest absolute Gasteiger partial charge is 0.311 e. The number of ketones is 1. The fourth-order valence-corrected chi connectivity index (χ4v) is 3.17. The number of carbonyl (C=O) groups is 3. The second-order valence-electron chi connectivity index (χ2n) is 6.60. The van der Waals surface area contributed by atoms with Crippen LogP contribution >= 0.6 is 11.6 Å². The standard InChI is InChI=1S/C21H20ClNO5/c1-13-6-7-16(10-18(13)22)23-11-15(9-20(23)25)21(26)28-12-19(24)14-4-3-5-17(8-14)27-2/h3-8,10,15H,9,11-12H2,1-2H3/t15-/m0/s1. The van der Waals surface area contributed by atoms with E-state index in [2.05, 4.69) is 0 Å². The lowest BCUT2D eigenvalue weighted by Crippen LogP contribution is -2.27. The van der Waals surface area contributed by atoms with Gasteiger partial charge in [-0.3, -0.25) is 14.4 Å². The molecule has 0 N–H and O–H groups in total. The maximum Gasteiger partial charge on any atom is 0.311 e. The van der Waals surface area contributed by atoms with E-state index in [0.29, 0.717) is 22.0 Å². The van der Waals surface area contributed by atoms with Crippen LogP contribution in [0.2, 0.25) is 5.02 Å². The van der Waals surface area contributed by atoms with Crippen molar-refractivity contribution in [1.29, 1.82) is 0 Å². The Hall–Kier alpha value is -2.86. The number of carbonyl (C=O) groups excluding carboxylic acids is 3. The van der Waals surface area contributed by atoms with Crippen molar-refractivity contribution in [2.75, 3.05) is 25.2 Å². The van der Waals surface area contributed by atoms with Crippen LogP contribution < -0.4 is 9.64 Å². The van der Waals surface area contributed by atoms with Gasteiger partial charge in [0.25, 0.3) is 0 Å². The third-order valence-electron chi connectivity index (χ3n) is 4.66. The number of anilines is 1. The molecule has 1 aliphatic heterocycles. The van der Waals surface area contributed by atoms with E-state index in [1.165, 1.54) is 12.0 Å². The lowest BCUT2D eigenvalue weighted by Gasteiger charge is -2.17. The first-order chi connectivity index (χ1) is 13.4.